The van der Waals surface area contributed by atoms with Crippen molar-refractivity contribution in [1.82, 2.24) is 14.3 Å². The summed E-state index contributed by atoms with van der Waals surface area (Å²) in [5, 5.41) is 4.60. The van der Waals surface area contributed by atoms with Gasteiger partial charge in [-0.15, -0.1) is 0 Å². The van der Waals surface area contributed by atoms with Crippen LogP contribution in [0.2, 0.25) is 0 Å². The molecule has 1 aromatic heterocycles. The fourth-order valence-corrected chi connectivity index (χ4v) is 3.59. The van der Waals surface area contributed by atoms with Crippen molar-refractivity contribution in [3.63, 3.8) is 0 Å². The van der Waals surface area contributed by atoms with Crippen molar-refractivity contribution in [2.24, 2.45) is 5.92 Å². The predicted molar refractivity (Wildman–Crippen MR) is 70.6 cm³/mol. The van der Waals surface area contributed by atoms with E-state index in [1.807, 2.05) is 0 Å². The molecular weight excluding hydrogens is 232 g/mol. The molecule has 1 aromatic rings. The molecule has 0 aliphatic carbocycles. The molecular formula is C12H20N4S. The summed E-state index contributed by atoms with van der Waals surface area (Å²) in [5.74, 6) is 2.23. The number of aromatic nitrogens is 2. The van der Waals surface area contributed by atoms with Crippen molar-refractivity contribution >= 4 is 16.7 Å². The molecule has 2 bridgehead atoms. The average Bonchev–Trinajstić information content (AvgIpc) is 2.79. The second kappa shape index (κ2) is 4.53. The Balaban J connectivity index is 1.66. The van der Waals surface area contributed by atoms with Gasteiger partial charge in [-0.25, -0.2) is 4.98 Å². The molecule has 3 aliphatic rings. The van der Waals surface area contributed by atoms with Crippen LogP contribution in [-0.4, -0.2) is 39.9 Å². The minimum absolute atomic E-state index is 0.424. The lowest BCUT2D eigenvalue weighted by atomic mass is 9.84. The van der Waals surface area contributed by atoms with Gasteiger partial charge in [0.1, 0.15) is 5.82 Å². The molecule has 0 aromatic carbocycles. The Morgan fingerprint density at radius 3 is 2.65 bits per heavy atom. The highest BCUT2D eigenvalue weighted by molar-refractivity contribution is 7.09. The molecule has 4 nitrogen and oxygen atoms in total. The summed E-state index contributed by atoms with van der Waals surface area (Å²) in [4.78, 5) is 7.12. The van der Waals surface area contributed by atoms with Crippen LogP contribution < -0.4 is 5.32 Å². The number of piperidine rings is 3. The molecule has 94 valence electrons. The third-order valence-electron chi connectivity index (χ3n) is 3.92. The summed E-state index contributed by atoms with van der Waals surface area (Å²) in [5.41, 5.74) is 0. The maximum Gasteiger partial charge on any atom is 0.202 e. The molecule has 1 atom stereocenters. The molecule has 3 fully saturated rings. The normalized spacial score (nSPS) is 32.1. The van der Waals surface area contributed by atoms with Crippen LogP contribution in [0.1, 0.15) is 38.4 Å². The van der Waals surface area contributed by atoms with E-state index in [1.165, 1.54) is 44.0 Å². The third-order valence-corrected chi connectivity index (χ3v) is 4.58. The SMILES string of the molecule is CC(C)c1nsc(NC2CN3CCC2CC3)n1. The van der Waals surface area contributed by atoms with Crippen LogP contribution in [0.5, 0.6) is 0 Å². The van der Waals surface area contributed by atoms with Gasteiger partial charge < -0.3 is 10.2 Å². The van der Waals surface area contributed by atoms with E-state index in [4.69, 9.17) is 0 Å². The van der Waals surface area contributed by atoms with Crippen LogP contribution >= 0.6 is 11.5 Å². The number of nitrogens with one attached hydrogen (secondary N) is 1. The molecule has 3 saturated heterocycles. The topological polar surface area (TPSA) is 41.1 Å². The van der Waals surface area contributed by atoms with Gasteiger partial charge in [0.2, 0.25) is 5.13 Å². The first-order valence-corrected chi connectivity index (χ1v) is 7.32. The van der Waals surface area contributed by atoms with Crippen molar-refractivity contribution in [2.75, 3.05) is 25.0 Å². The number of anilines is 1. The average molecular weight is 252 g/mol. The molecule has 3 aliphatic heterocycles. The lowest BCUT2D eigenvalue weighted by molar-refractivity contribution is 0.0975. The van der Waals surface area contributed by atoms with E-state index in [0.29, 0.717) is 12.0 Å². The first kappa shape index (κ1) is 11.4. The van der Waals surface area contributed by atoms with Gasteiger partial charge in [-0.1, -0.05) is 13.8 Å². The Bertz CT molecular complexity index is 382. The number of rotatable bonds is 3. The Kier molecular flexibility index (Phi) is 3.04. The zero-order chi connectivity index (χ0) is 11.8. The second-order valence-electron chi connectivity index (χ2n) is 5.50. The van der Waals surface area contributed by atoms with Gasteiger partial charge in [0.15, 0.2) is 0 Å². The molecule has 0 radical (unpaired) electrons. The molecule has 4 rings (SSSR count). The van der Waals surface area contributed by atoms with Gasteiger partial charge in [-0.3, -0.25) is 0 Å². The first-order chi connectivity index (χ1) is 8.22. The molecule has 0 amide bonds. The van der Waals surface area contributed by atoms with Crippen LogP contribution in [0.15, 0.2) is 0 Å². The summed E-state index contributed by atoms with van der Waals surface area (Å²) >= 11 is 1.51. The predicted octanol–water partition coefficient (Wildman–Crippen LogP) is 2.17. The van der Waals surface area contributed by atoms with Crippen molar-refractivity contribution in [1.29, 1.82) is 0 Å². The number of fused-ring (bicyclic) bond motifs is 3. The van der Waals surface area contributed by atoms with E-state index < -0.39 is 0 Å². The molecule has 0 spiro atoms. The van der Waals surface area contributed by atoms with E-state index in [2.05, 4.69) is 33.4 Å². The van der Waals surface area contributed by atoms with E-state index in [0.717, 1.165) is 16.9 Å². The Hall–Kier alpha value is -0.680. The highest BCUT2D eigenvalue weighted by Gasteiger charge is 2.34. The summed E-state index contributed by atoms with van der Waals surface area (Å²) in [6.45, 7) is 8.04. The maximum absolute atomic E-state index is 4.57. The minimum Gasteiger partial charge on any atom is -0.356 e. The fourth-order valence-electron chi connectivity index (χ4n) is 2.82. The van der Waals surface area contributed by atoms with Gasteiger partial charge in [0.05, 0.1) is 0 Å². The minimum atomic E-state index is 0.424. The van der Waals surface area contributed by atoms with Gasteiger partial charge in [0, 0.05) is 30.0 Å². The number of nitrogens with zero attached hydrogens (tertiary/aromatic N) is 3. The van der Waals surface area contributed by atoms with Crippen LogP contribution in [0.25, 0.3) is 0 Å². The van der Waals surface area contributed by atoms with E-state index in [1.54, 1.807) is 0 Å². The van der Waals surface area contributed by atoms with Crippen LogP contribution in [-0.2, 0) is 0 Å². The van der Waals surface area contributed by atoms with Gasteiger partial charge in [-0.05, 0) is 31.8 Å². The van der Waals surface area contributed by atoms with Crippen molar-refractivity contribution < 1.29 is 0 Å². The standard InChI is InChI=1S/C12H20N4S/c1-8(2)11-14-12(17-15-11)13-10-7-16-5-3-9(10)4-6-16/h8-10H,3-7H2,1-2H3,(H,13,14,15). The molecule has 1 unspecified atom stereocenters. The summed E-state index contributed by atoms with van der Waals surface area (Å²) in [6, 6.07) is 0.588. The van der Waals surface area contributed by atoms with E-state index in [9.17, 15) is 0 Å². The lowest BCUT2D eigenvalue weighted by Crippen LogP contribution is -2.53. The Labute approximate surface area is 107 Å². The second-order valence-corrected chi connectivity index (χ2v) is 6.25. The fraction of sp³-hybridized carbons (Fsp3) is 0.833. The number of hydrogen-bond donors (Lipinski definition) is 1. The van der Waals surface area contributed by atoms with Crippen LogP contribution in [0, 0.1) is 5.92 Å². The summed E-state index contributed by atoms with van der Waals surface area (Å²) < 4.78 is 4.40. The largest absolute Gasteiger partial charge is 0.356 e. The van der Waals surface area contributed by atoms with Gasteiger partial charge in [-0.2, -0.15) is 4.37 Å². The van der Waals surface area contributed by atoms with Crippen molar-refractivity contribution in [2.45, 2.75) is 38.6 Å². The zero-order valence-corrected chi connectivity index (χ0v) is 11.3. The highest BCUT2D eigenvalue weighted by Crippen LogP contribution is 2.30. The third kappa shape index (κ3) is 2.31. The van der Waals surface area contributed by atoms with Crippen molar-refractivity contribution in [3.05, 3.63) is 5.82 Å². The smallest absolute Gasteiger partial charge is 0.202 e. The Morgan fingerprint density at radius 1 is 1.35 bits per heavy atom. The first-order valence-electron chi connectivity index (χ1n) is 6.55. The number of hydrogen-bond acceptors (Lipinski definition) is 5. The van der Waals surface area contributed by atoms with E-state index >= 15 is 0 Å². The molecule has 1 N–H and O–H groups in total. The zero-order valence-electron chi connectivity index (χ0n) is 10.5. The lowest BCUT2D eigenvalue weighted by Gasteiger charge is -2.44. The highest BCUT2D eigenvalue weighted by atomic mass is 32.1. The quantitative estimate of drug-likeness (QED) is 0.895. The van der Waals surface area contributed by atoms with E-state index in [-0.39, 0.29) is 0 Å². The maximum atomic E-state index is 4.57. The molecule has 0 saturated carbocycles. The van der Waals surface area contributed by atoms with Gasteiger partial charge >= 0.3 is 0 Å². The summed E-state index contributed by atoms with van der Waals surface area (Å²) in [7, 11) is 0. The summed E-state index contributed by atoms with van der Waals surface area (Å²) in [6.07, 6.45) is 2.68. The van der Waals surface area contributed by atoms with Crippen molar-refractivity contribution in [3.8, 4) is 0 Å². The van der Waals surface area contributed by atoms with Crippen LogP contribution in [0.4, 0.5) is 5.13 Å². The molecule has 4 heterocycles. The van der Waals surface area contributed by atoms with Crippen LogP contribution in [0.3, 0.4) is 0 Å². The van der Waals surface area contributed by atoms with Gasteiger partial charge in [0.25, 0.3) is 0 Å². The molecule has 17 heavy (non-hydrogen) atoms. The monoisotopic (exact) mass is 252 g/mol. The molecule has 5 heteroatoms. The Morgan fingerprint density at radius 2 is 2.12 bits per heavy atom.